The minimum absolute atomic E-state index is 0.00704. The number of hydrogen-bond acceptors (Lipinski definition) is 5. The Kier molecular flexibility index (Phi) is 59.5. The summed E-state index contributed by atoms with van der Waals surface area (Å²) in [6.45, 7) is 4.87. The highest BCUT2D eigenvalue weighted by molar-refractivity contribution is 5.76. The van der Waals surface area contributed by atoms with Gasteiger partial charge in [0.1, 0.15) is 0 Å². The van der Waals surface area contributed by atoms with Gasteiger partial charge in [0.15, 0.2) is 0 Å². The van der Waals surface area contributed by atoms with E-state index >= 15 is 0 Å². The zero-order valence-electron chi connectivity index (χ0n) is 48.2. The molecular formula is C66H123NO5. The van der Waals surface area contributed by atoms with E-state index in [0.29, 0.717) is 19.4 Å². The largest absolute Gasteiger partial charge is 0.466 e. The Morgan fingerprint density at radius 1 is 0.389 bits per heavy atom. The van der Waals surface area contributed by atoms with Gasteiger partial charge in [0.2, 0.25) is 5.91 Å². The second-order valence-corrected chi connectivity index (χ2v) is 21.7. The Morgan fingerprint density at radius 2 is 0.694 bits per heavy atom. The molecule has 0 aromatic heterocycles. The average molecular weight is 1010 g/mol. The van der Waals surface area contributed by atoms with Gasteiger partial charge in [0.25, 0.3) is 0 Å². The predicted octanol–water partition coefficient (Wildman–Crippen LogP) is 20.1. The molecule has 0 aromatic carbocycles. The molecule has 0 aliphatic carbocycles. The summed E-state index contributed by atoms with van der Waals surface area (Å²) < 4.78 is 5.49. The zero-order chi connectivity index (χ0) is 52.2. The Bertz CT molecular complexity index is 1210. The molecule has 2 atom stereocenters. The number of hydrogen-bond donors (Lipinski definition) is 3. The maximum Gasteiger partial charge on any atom is 0.305 e. The molecule has 2 unspecified atom stereocenters. The van der Waals surface area contributed by atoms with Crippen molar-refractivity contribution >= 4 is 11.9 Å². The van der Waals surface area contributed by atoms with Gasteiger partial charge in [0.05, 0.1) is 25.4 Å². The van der Waals surface area contributed by atoms with Gasteiger partial charge in [-0.05, 0) is 89.9 Å². The van der Waals surface area contributed by atoms with Gasteiger partial charge in [-0.3, -0.25) is 9.59 Å². The van der Waals surface area contributed by atoms with Crippen LogP contribution in [0.3, 0.4) is 0 Å². The molecule has 1 amide bonds. The Labute approximate surface area is 448 Å². The molecule has 0 bridgehead atoms. The van der Waals surface area contributed by atoms with Crippen LogP contribution >= 0.6 is 0 Å². The molecule has 0 spiro atoms. The molecule has 0 saturated heterocycles. The van der Waals surface area contributed by atoms with E-state index < -0.39 is 12.1 Å². The maximum absolute atomic E-state index is 12.4. The van der Waals surface area contributed by atoms with Crippen molar-refractivity contribution in [2.75, 3.05) is 13.2 Å². The summed E-state index contributed by atoms with van der Waals surface area (Å²) in [6, 6.07) is -0.627. The van der Waals surface area contributed by atoms with Crippen LogP contribution in [0.15, 0.2) is 48.6 Å². The van der Waals surface area contributed by atoms with Gasteiger partial charge in [-0.15, -0.1) is 0 Å². The topological polar surface area (TPSA) is 95.9 Å². The third-order valence-corrected chi connectivity index (χ3v) is 14.6. The number of rotatable bonds is 59. The maximum atomic E-state index is 12.4. The fraction of sp³-hybridized carbons (Fsp3) is 0.848. The standard InChI is InChI=1S/C66H123NO5/c1-3-5-7-9-11-13-15-16-17-18-31-34-37-40-44-48-52-56-60-66(71)72-61-57-53-49-45-41-38-35-32-29-27-25-23-21-19-20-22-24-26-28-30-33-36-39-43-47-51-55-59-65(70)67-63(62-68)64(69)58-54-50-46-42-14-12-10-8-6-4-2/h13,15,17-20,54,58,63-64,68-69H,3-12,14,16,21-53,55-57,59-62H2,1-2H3,(H,67,70)/b15-13-,18-17-,20-19-,58-54+. The van der Waals surface area contributed by atoms with Gasteiger partial charge in [-0.1, -0.05) is 281 Å². The highest BCUT2D eigenvalue weighted by Gasteiger charge is 2.18. The lowest BCUT2D eigenvalue weighted by atomic mass is 10.0. The van der Waals surface area contributed by atoms with Crippen molar-refractivity contribution in [1.29, 1.82) is 0 Å². The number of ether oxygens (including phenoxy) is 1. The monoisotopic (exact) mass is 1010 g/mol. The molecule has 3 N–H and O–H groups in total. The number of unbranched alkanes of at least 4 members (excludes halogenated alkanes) is 42. The van der Waals surface area contributed by atoms with Gasteiger partial charge >= 0.3 is 5.97 Å². The lowest BCUT2D eigenvalue weighted by Gasteiger charge is -2.20. The van der Waals surface area contributed by atoms with E-state index in [0.717, 1.165) is 51.4 Å². The van der Waals surface area contributed by atoms with E-state index in [4.69, 9.17) is 4.74 Å². The van der Waals surface area contributed by atoms with Crippen molar-refractivity contribution in [2.24, 2.45) is 0 Å². The fourth-order valence-corrected chi connectivity index (χ4v) is 9.66. The SMILES string of the molecule is CCCCCC/C=C\C/C=C\CCCCCCCCCC(=O)OCCCCCCCCCCCCCC/C=C\CCCCCCCCCCCCCC(=O)NC(CO)C(O)/C=C/CCCCCCCCCC. The van der Waals surface area contributed by atoms with Crippen LogP contribution in [0.4, 0.5) is 0 Å². The normalized spacial score (nSPS) is 12.9. The van der Waals surface area contributed by atoms with Gasteiger partial charge < -0.3 is 20.3 Å². The lowest BCUT2D eigenvalue weighted by Crippen LogP contribution is -2.45. The minimum atomic E-state index is -0.843. The third-order valence-electron chi connectivity index (χ3n) is 14.6. The fourth-order valence-electron chi connectivity index (χ4n) is 9.66. The Hall–Kier alpha value is -2.18. The number of amides is 1. The molecule has 0 heterocycles. The molecule has 6 heteroatoms. The van der Waals surface area contributed by atoms with Crippen molar-refractivity contribution in [3.8, 4) is 0 Å². The van der Waals surface area contributed by atoms with E-state index in [-0.39, 0.29) is 18.5 Å². The Balaban J connectivity index is 3.37. The molecule has 0 aliphatic heterocycles. The van der Waals surface area contributed by atoms with Crippen LogP contribution in [0.2, 0.25) is 0 Å². The quantitative estimate of drug-likeness (QED) is 0.0320. The number of nitrogens with one attached hydrogen (secondary N) is 1. The van der Waals surface area contributed by atoms with Gasteiger partial charge in [-0.25, -0.2) is 0 Å². The third kappa shape index (κ3) is 57.1. The van der Waals surface area contributed by atoms with E-state index in [1.807, 2.05) is 6.08 Å². The summed E-state index contributed by atoms with van der Waals surface area (Å²) in [5, 5.41) is 23.0. The van der Waals surface area contributed by atoms with Crippen molar-refractivity contribution in [3.63, 3.8) is 0 Å². The molecule has 0 fully saturated rings. The molecular weight excluding hydrogens is 887 g/mol. The van der Waals surface area contributed by atoms with Crippen molar-refractivity contribution in [3.05, 3.63) is 48.6 Å². The number of allylic oxidation sites excluding steroid dienone is 7. The second kappa shape index (κ2) is 61.4. The number of esters is 1. The Morgan fingerprint density at radius 3 is 1.08 bits per heavy atom. The van der Waals surface area contributed by atoms with E-state index in [9.17, 15) is 19.8 Å². The lowest BCUT2D eigenvalue weighted by molar-refractivity contribution is -0.143. The molecule has 0 aromatic rings. The van der Waals surface area contributed by atoms with E-state index in [1.54, 1.807) is 6.08 Å². The molecule has 0 radical (unpaired) electrons. The van der Waals surface area contributed by atoms with E-state index in [2.05, 4.69) is 55.6 Å². The number of aliphatic hydroxyl groups is 2. The first-order chi connectivity index (χ1) is 35.5. The van der Waals surface area contributed by atoms with Crippen molar-refractivity contribution in [1.82, 2.24) is 5.32 Å². The van der Waals surface area contributed by atoms with Crippen LogP contribution in [0.5, 0.6) is 0 Å². The van der Waals surface area contributed by atoms with Crippen LogP contribution in [0.1, 0.15) is 335 Å². The van der Waals surface area contributed by atoms with Crippen molar-refractivity contribution in [2.45, 2.75) is 347 Å². The highest BCUT2D eigenvalue weighted by atomic mass is 16.5. The predicted molar refractivity (Wildman–Crippen MR) is 315 cm³/mol. The molecule has 6 nitrogen and oxygen atoms in total. The molecule has 0 saturated carbocycles. The second-order valence-electron chi connectivity index (χ2n) is 21.7. The first-order valence-electron chi connectivity index (χ1n) is 31.9. The van der Waals surface area contributed by atoms with Crippen LogP contribution in [0, 0.1) is 0 Å². The number of carbonyl (C=O) groups excluding carboxylic acids is 2. The summed E-state index contributed by atoms with van der Waals surface area (Å²) >= 11 is 0. The van der Waals surface area contributed by atoms with Crippen LogP contribution < -0.4 is 5.32 Å². The number of carbonyl (C=O) groups is 2. The summed E-state index contributed by atoms with van der Waals surface area (Å²) in [6.07, 6.45) is 78.8. The zero-order valence-corrected chi connectivity index (χ0v) is 48.2. The molecule has 0 aliphatic rings. The summed E-state index contributed by atoms with van der Waals surface area (Å²) in [7, 11) is 0. The van der Waals surface area contributed by atoms with E-state index in [1.165, 1.54) is 257 Å². The molecule has 422 valence electrons. The smallest absolute Gasteiger partial charge is 0.305 e. The van der Waals surface area contributed by atoms with Crippen molar-refractivity contribution < 1.29 is 24.5 Å². The average Bonchev–Trinajstić information content (AvgIpc) is 3.38. The summed E-state index contributed by atoms with van der Waals surface area (Å²) in [4.78, 5) is 24.5. The molecule has 72 heavy (non-hydrogen) atoms. The summed E-state index contributed by atoms with van der Waals surface area (Å²) in [5.74, 6) is -0.0636. The summed E-state index contributed by atoms with van der Waals surface area (Å²) in [5.41, 5.74) is 0. The van der Waals surface area contributed by atoms with Gasteiger partial charge in [0, 0.05) is 12.8 Å². The van der Waals surface area contributed by atoms with Crippen LogP contribution in [0.25, 0.3) is 0 Å². The number of aliphatic hydroxyl groups excluding tert-OH is 2. The van der Waals surface area contributed by atoms with Gasteiger partial charge in [-0.2, -0.15) is 0 Å². The highest BCUT2D eigenvalue weighted by Crippen LogP contribution is 2.17. The van der Waals surface area contributed by atoms with Crippen LogP contribution in [-0.4, -0.2) is 47.4 Å². The molecule has 0 rings (SSSR count). The minimum Gasteiger partial charge on any atom is -0.466 e. The van der Waals surface area contributed by atoms with Crippen LogP contribution in [-0.2, 0) is 14.3 Å². The first-order valence-corrected chi connectivity index (χ1v) is 31.9. The first kappa shape index (κ1) is 69.8.